The van der Waals surface area contributed by atoms with E-state index in [1.54, 1.807) is 4.90 Å². The second kappa shape index (κ2) is 5.64. The third kappa shape index (κ3) is 3.07. The quantitative estimate of drug-likeness (QED) is 0.866. The maximum atomic E-state index is 11.6. The Labute approximate surface area is 105 Å². The number of hydrogen-bond donors (Lipinski definition) is 1. The average Bonchev–Trinajstić information content (AvgIpc) is 2.38. The number of aryl methyl sites for hydroxylation is 1. The fraction of sp³-hybridized carbons (Fsp3) is 0.385. The number of ether oxygens (including phenoxy) is 1. The third-order valence-corrected chi connectivity index (χ3v) is 2.86. The molecule has 1 N–H and O–H groups in total. The summed E-state index contributed by atoms with van der Waals surface area (Å²) in [6.45, 7) is 1.24. The van der Waals surface area contributed by atoms with Crippen LogP contribution in [-0.4, -0.2) is 36.7 Å². The summed E-state index contributed by atoms with van der Waals surface area (Å²) in [5.74, 6) is -0.845. The van der Waals surface area contributed by atoms with Gasteiger partial charge in [0, 0.05) is 18.7 Å². The largest absolute Gasteiger partial charge is 0.481 e. The molecular weight excluding hydrogens is 234 g/mol. The lowest BCUT2D eigenvalue weighted by Crippen LogP contribution is -2.41. The fourth-order valence-electron chi connectivity index (χ4n) is 1.88. The van der Waals surface area contributed by atoms with Crippen molar-refractivity contribution in [3.63, 3.8) is 0 Å². The van der Waals surface area contributed by atoms with Crippen LogP contribution in [0.2, 0.25) is 0 Å². The Morgan fingerprint density at radius 2 is 2.06 bits per heavy atom. The summed E-state index contributed by atoms with van der Waals surface area (Å²) < 4.78 is 5.07. The molecule has 1 aliphatic rings. The number of aliphatic carboxylic acids is 1. The van der Waals surface area contributed by atoms with Crippen LogP contribution in [0, 0.1) is 0 Å². The molecule has 5 heteroatoms. The molecule has 0 saturated carbocycles. The lowest BCUT2D eigenvalue weighted by molar-refractivity contribution is -0.137. The van der Waals surface area contributed by atoms with E-state index >= 15 is 0 Å². The van der Waals surface area contributed by atoms with E-state index in [0.717, 1.165) is 11.3 Å². The minimum atomic E-state index is -0.803. The molecule has 5 nitrogen and oxygen atoms in total. The highest BCUT2D eigenvalue weighted by Gasteiger charge is 2.19. The Kier molecular flexibility index (Phi) is 3.94. The van der Waals surface area contributed by atoms with Gasteiger partial charge in [0.1, 0.15) is 6.61 Å². The molecule has 0 aliphatic carbocycles. The van der Waals surface area contributed by atoms with E-state index in [4.69, 9.17) is 9.84 Å². The number of nitrogens with zero attached hydrogens (tertiary/aromatic N) is 1. The predicted molar refractivity (Wildman–Crippen MR) is 65.6 cm³/mol. The van der Waals surface area contributed by atoms with Gasteiger partial charge in [0.25, 0.3) is 5.91 Å². The Balaban J connectivity index is 2.02. The van der Waals surface area contributed by atoms with Crippen LogP contribution in [0.3, 0.4) is 0 Å². The molecule has 1 heterocycles. The first-order valence-electron chi connectivity index (χ1n) is 5.85. The van der Waals surface area contributed by atoms with Gasteiger partial charge in [0.05, 0.1) is 6.61 Å². The molecule has 1 fully saturated rings. The van der Waals surface area contributed by atoms with Crippen LogP contribution < -0.4 is 4.90 Å². The summed E-state index contributed by atoms with van der Waals surface area (Å²) in [6.07, 6.45) is 0.627. The molecule has 0 atom stereocenters. The average molecular weight is 249 g/mol. The van der Waals surface area contributed by atoms with E-state index in [-0.39, 0.29) is 18.9 Å². The van der Waals surface area contributed by atoms with Crippen LogP contribution in [0.5, 0.6) is 0 Å². The first-order chi connectivity index (χ1) is 8.66. The predicted octanol–water partition coefficient (Wildman–Crippen LogP) is 1.07. The van der Waals surface area contributed by atoms with Crippen molar-refractivity contribution in [3.05, 3.63) is 29.8 Å². The van der Waals surface area contributed by atoms with Crippen molar-refractivity contribution in [1.82, 2.24) is 0 Å². The summed E-state index contributed by atoms with van der Waals surface area (Å²) in [6, 6.07) is 7.42. The lowest BCUT2D eigenvalue weighted by Gasteiger charge is -2.26. The maximum Gasteiger partial charge on any atom is 0.303 e. The van der Waals surface area contributed by atoms with Crippen molar-refractivity contribution in [3.8, 4) is 0 Å². The van der Waals surface area contributed by atoms with Gasteiger partial charge < -0.3 is 14.7 Å². The van der Waals surface area contributed by atoms with Gasteiger partial charge in [-0.25, -0.2) is 0 Å². The van der Waals surface area contributed by atoms with Gasteiger partial charge in [-0.3, -0.25) is 9.59 Å². The smallest absolute Gasteiger partial charge is 0.303 e. The van der Waals surface area contributed by atoms with Crippen LogP contribution in [0.4, 0.5) is 5.69 Å². The molecule has 1 amide bonds. The van der Waals surface area contributed by atoms with E-state index in [1.165, 1.54) is 0 Å². The number of hydrogen-bond acceptors (Lipinski definition) is 3. The summed E-state index contributed by atoms with van der Waals surface area (Å²) in [4.78, 5) is 23.8. The normalized spacial score (nSPS) is 15.8. The van der Waals surface area contributed by atoms with Gasteiger partial charge in [0.2, 0.25) is 0 Å². The second-order valence-corrected chi connectivity index (χ2v) is 4.16. The number of carbonyl (C=O) groups excluding carboxylic acids is 1. The molecule has 1 aliphatic heterocycles. The number of carboxylic acid groups (broad SMARTS) is 1. The van der Waals surface area contributed by atoms with Crippen molar-refractivity contribution in [2.24, 2.45) is 0 Å². The number of rotatable bonds is 4. The van der Waals surface area contributed by atoms with E-state index in [0.29, 0.717) is 19.6 Å². The van der Waals surface area contributed by atoms with Gasteiger partial charge in [0.15, 0.2) is 0 Å². The van der Waals surface area contributed by atoms with Crippen LogP contribution in [-0.2, 0) is 20.7 Å². The second-order valence-electron chi connectivity index (χ2n) is 4.16. The highest BCUT2D eigenvalue weighted by molar-refractivity contribution is 5.94. The monoisotopic (exact) mass is 249 g/mol. The van der Waals surface area contributed by atoms with E-state index < -0.39 is 5.97 Å². The van der Waals surface area contributed by atoms with Crippen molar-refractivity contribution in [2.75, 3.05) is 24.7 Å². The summed E-state index contributed by atoms with van der Waals surface area (Å²) in [5.41, 5.74) is 1.80. The summed E-state index contributed by atoms with van der Waals surface area (Å²) in [5, 5.41) is 8.60. The molecule has 0 bridgehead atoms. The summed E-state index contributed by atoms with van der Waals surface area (Å²) >= 11 is 0. The van der Waals surface area contributed by atoms with Gasteiger partial charge in [-0.15, -0.1) is 0 Å². The van der Waals surface area contributed by atoms with Crippen molar-refractivity contribution in [2.45, 2.75) is 12.8 Å². The Bertz CT molecular complexity index is 441. The highest BCUT2D eigenvalue weighted by Crippen LogP contribution is 2.18. The maximum absolute atomic E-state index is 11.6. The molecule has 1 saturated heterocycles. The molecule has 2 rings (SSSR count). The van der Waals surface area contributed by atoms with Gasteiger partial charge in [-0.05, 0) is 24.1 Å². The molecular formula is C13H15NO4. The first kappa shape index (κ1) is 12.6. The standard InChI is InChI=1S/C13H15NO4/c15-12-9-18-8-7-14(12)11-4-1-10(2-5-11)3-6-13(16)17/h1-2,4-5H,3,6-9H2,(H,16,17). The minimum Gasteiger partial charge on any atom is -0.481 e. The Hall–Kier alpha value is -1.88. The lowest BCUT2D eigenvalue weighted by atomic mass is 10.1. The SMILES string of the molecule is O=C(O)CCc1ccc(N2CCOCC2=O)cc1. The number of carboxylic acids is 1. The molecule has 0 unspecified atom stereocenters. The van der Waals surface area contributed by atoms with Crippen LogP contribution >= 0.6 is 0 Å². The van der Waals surface area contributed by atoms with Crippen LogP contribution in [0.1, 0.15) is 12.0 Å². The zero-order valence-electron chi connectivity index (χ0n) is 9.96. The Morgan fingerprint density at radius 1 is 1.33 bits per heavy atom. The van der Waals surface area contributed by atoms with Gasteiger partial charge in [-0.2, -0.15) is 0 Å². The number of amides is 1. The molecule has 0 radical (unpaired) electrons. The zero-order chi connectivity index (χ0) is 13.0. The topological polar surface area (TPSA) is 66.8 Å². The number of anilines is 1. The van der Waals surface area contributed by atoms with Crippen molar-refractivity contribution >= 4 is 17.6 Å². The molecule has 0 spiro atoms. The van der Waals surface area contributed by atoms with E-state index in [2.05, 4.69) is 0 Å². The van der Waals surface area contributed by atoms with Gasteiger partial charge >= 0.3 is 5.97 Å². The number of benzene rings is 1. The molecule has 96 valence electrons. The highest BCUT2D eigenvalue weighted by atomic mass is 16.5. The third-order valence-electron chi connectivity index (χ3n) is 2.86. The first-order valence-corrected chi connectivity index (χ1v) is 5.85. The van der Waals surface area contributed by atoms with E-state index in [1.807, 2.05) is 24.3 Å². The van der Waals surface area contributed by atoms with E-state index in [9.17, 15) is 9.59 Å². The van der Waals surface area contributed by atoms with Crippen LogP contribution in [0.15, 0.2) is 24.3 Å². The molecule has 1 aromatic carbocycles. The zero-order valence-corrected chi connectivity index (χ0v) is 9.96. The minimum absolute atomic E-state index is 0.0421. The number of morpholine rings is 1. The molecule has 1 aromatic rings. The number of carbonyl (C=O) groups is 2. The molecule has 0 aromatic heterocycles. The fourth-order valence-corrected chi connectivity index (χ4v) is 1.88. The summed E-state index contributed by atoms with van der Waals surface area (Å²) in [7, 11) is 0. The van der Waals surface area contributed by atoms with Crippen molar-refractivity contribution < 1.29 is 19.4 Å². The van der Waals surface area contributed by atoms with Crippen molar-refractivity contribution in [1.29, 1.82) is 0 Å². The van der Waals surface area contributed by atoms with Crippen LogP contribution in [0.25, 0.3) is 0 Å². The molecule has 18 heavy (non-hydrogen) atoms. The Morgan fingerprint density at radius 3 is 2.67 bits per heavy atom. The van der Waals surface area contributed by atoms with Gasteiger partial charge in [-0.1, -0.05) is 12.1 Å².